The standard InChI is InChI=1S/C10H11N5O2/c1-2-8-9(10(16)17)13-14-15(8)6-7-5-11-3-4-12-7/h3-5H,2,6H2,1H3,(H,16,17). The third-order valence-electron chi connectivity index (χ3n) is 2.30. The molecule has 88 valence electrons. The molecule has 0 atom stereocenters. The first kappa shape index (κ1) is 11.2. The Kier molecular flexibility index (Phi) is 3.08. The fourth-order valence-corrected chi connectivity index (χ4v) is 1.54. The fraction of sp³-hybridized carbons (Fsp3) is 0.300. The summed E-state index contributed by atoms with van der Waals surface area (Å²) in [6.07, 6.45) is 5.32. The number of aromatic carboxylic acids is 1. The van der Waals surface area contributed by atoms with Crippen LogP contribution in [0.1, 0.15) is 28.8 Å². The molecule has 17 heavy (non-hydrogen) atoms. The van der Waals surface area contributed by atoms with Crippen molar-refractivity contribution in [1.82, 2.24) is 25.0 Å². The molecule has 2 rings (SSSR count). The summed E-state index contributed by atoms with van der Waals surface area (Å²) in [5.74, 6) is -1.06. The highest BCUT2D eigenvalue weighted by molar-refractivity contribution is 5.86. The highest BCUT2D eigenvalue weighted by atomic mass is 16.4. The van der Waals surface area contributed by atoms with Gasteiger partial charge in [0.2, 0.25) is 0 Å². The van der Waals surface area contributed by atoms with Gasteiger partial charge in [0.05, 0.1) is 24.1 Å². The molecule has 0 amide bonds. The molecule has 0 saturated heterocycles. The number of hydrogen-bond donors (Lipinski definition) is 1. The molecule has 0 fully saturated rings. The van der Waals surface area contributed by atoms with Crippen molar-refractivity contribution in [1.29, 1.82) is 0 Å². The lowest BCUT2D eigenvalue weighted by atomic mass is 10.2. The molecule has 1 N–H and O–H groups in total. The van der Waals surface area contributed by atoms with E-state index in [-0.39, 0.29) is 5.69 Å². The monoisotopic (exact) mass is 233 g/mol. The zero-order chi connectivity index (χ0) is 12.3. The minimum absolute atomic E-state index is 0.00334. The molecule has 0 aliphatic rings. The van der Waals surface area contributed by atoms with Crippen molar-refractivity contribution in [3.8, 4) is 0 Å². The highest BCUT2D eigenvalue weighted by Crippen LogP contribution is 2.08. The van der Waals surface area contributed by atoms with Gasteiger partial charge >= 0.3 is 5.97 Å². The van der Waals surface area contributed by atoms with Crippen molar-refractivity contribution in [2.75, 3.05) is 0 Å². The third-order valence-corrected chi connectivity index (χ3v) is 2.30. The number of carbonyl (C=O) groups is 1. The van der Waals surface area contributed by atoms with Gasteiger partial charge in [0.25, 0.3) is 0 Å². The Morgan fingerprint density at radius 2 is 2.29 bits per heavy atom. The lowest BCUT2D eigenvalue weighted by Gasteiger charge is -2.03. The molecule has 0 bridgehead atoms. The van der Waals surface area contributed by atoms with Crippen LogP contribution in [0.3, 0.4) is 0 Å². The maximum Gasteiger partial charge on any atom is 0.358 e. The zero-order valence-corrected chi connectivity index (χ0v) is 9.24. The smallest absolute Gasteiger partial charge is 0.358 e. The summed E-state index contributed by atoms with van der Waals surface area (Å²) in [4.78, 5) is 18.9. The second-order valence-corrected chi connectivity index (χ2v) is 3.40. The first-order valence-electron chi connectivity index (χ1n) is 5.13. The maximum absolute atomic E-state index is 10.9. The van der Waals surface area contributed by atoms with Crippen LogP contribution in [0.2, 0.25) is 0 Å². The number of nitrogens with zero attached hydrogens (tertiary/aromatic N) is 5. The molecule has 2 aromatic heterocycles. The minimum atomic E-state index is -1.06. The summed E-state index contributed by atoms with van der Waals surface area (Å²) in [7, 11) is 0. The van der Waals surface area contributed by atoms with Gasteiger partial charge in [-0.1, -0.05) is 12.1 Å². The van der Waals surface area contributed by atoms with Gasteiger partial charge in [-0.05, 0) is 6.42 Å². The van der Waals surface area contributed by atoms with Crippen LogP contribution in [0.25, 0.3) is 0 Å². The lowest BCUT2D eigenvalue weighted by molar-refractivity contribution is 0.0689. The molecule has 0 aromatic carbocycles. The van der Waals surface area contributed by atoms with Gasteiger partial charge in [0.15, 0.2) is 5.69 Å². The van der Waals surface area contributed by atoms with Crippen molar-refractivity contribution in [2.45, 2.75) is 19.9 Å². The molecule has 0 aliphatic heterocycles. The van der Waals surface area contributed by atoms with Crippen LogP contribution in [0.15, 0.2) is 18.6 Å². The van der Waals surface area contributed by atoms with Crippen molar-refractivity contribution >= 4 is 5.97 Å². The third kappa shape index (κ3) is 2.27. The first-order chi connectivity index (χ1) is 8.22. The van der Waals surface area contributed by atoms with Crippen LogP contribution < -0.4 is 0 Å². The molecule has 0 saturated carbocycles. The number of hydrogen-bond acceptors (Lipinski definition) is 5. The number of rotatable bonds is 4. The molecule has 2 aromatic rings. The van der Waals surface area contributed by atoms with Crippen molar-refractivity contribution in [3.63, 3.8) is 0 Å². The Morgan fingerprint density at radius 3 is 2.88 bits per heavy atom. The van der Waals surface area contributed by atoms with E-state index >= 15 is 0 Å². The Balaban J connectivity index is 2.31. The average Bonchev–Trinajstić information content (AvgIpc) is 2.73. The van der Waals surface area contributed by atoms with Crippen LogP contribution >= 0.6 is 0 Å². The molecule has 0 aliphatic carbocycles. The van der Waals surface area contributed by atoms with Gasteiger partial charge in [-0.2, -0.15) is 0 Å². The van der Waals surface area contributed by atoms with Crippen molar-refractivity contribution in [2.24, 2.45) is 0 Å². The Hall–Kier alpha value is -2.31. The normalized spacial score (nSPS) is 10.4. The van der Waals surface area contributed by atoms with Crippen molar-refractivity contribution < 1.29 is 9.90 Å². The highest BCUT2D eigenvalue weighted by Gasteiger charge is 2.17. The van der Waals surface area contributed by atoms with Gasteiger partial charge in [0, 0.05) is 12.4 Å². The summed E-state index contributed by atoms with van der Waals surface area (Å²) in [5.41, 5.74) is 1.29. The van der Waals surface area contributed by atoms with E-state index in [0.29, 0.717) is 24.4 Å². The Labute approximate surface area is 97.1 Å². The molecular weight excluding hydrogens is 222 g/mol. The number of carboxylic acid groups (broad SMARTS) is 1. The van der Waals surface area contributed by atoms with Crippen LogP contribution in [-0.2, 0) is 13.0 Å². The Bertz CT molecular complexity index is 523. The van der Waals surface area contributed by atoms with Gasteiger partial charge in [-0.25, -0.2) is 9.48 Å². The van der Waals surface area contributed by atoms with E-state index in [2.05, 4.69) is 20.3 Å². The molecule has 0 radical (unpaired) electrons. The van der Waals surface area contributed by atoms with E-state index in [1.54, 1.807) is 18.6 Å². The van der Waals surface area contributed by atoms with Crippen LogP contribution in [0.4, 0.5) is 0 Å². The van der Waals surface area contributed by atoms with Crippen LogP contribution in [0.5, 0.6) is 0 Å². The van der Waals surface area contributed by atoms with Gasteiger partial charge in [-0.15, -0.1) is 5.10 Å². The van der Waals surface area contributed by atoms with E-state index in [0.717, 1.165) is 0 Å². The summed E-state index contributed by atoms with van der Waals surface area (Å²) in [6.45, 7) is 2.23. The topological polar surface area (TPSA) is 93.8 Å². The minimum Gasteiger partial charge on any atom is -0.476 e. The molecule has 2 heterocycles. The summed E-state index contributed by atoms with van der Waals surface area (Å²) < 4.78 is 1.54. The van der Waals surface area contributed by atoms with E-state index in [9.17, 15) is 4.79 Å². The molecule has 0 unspecified atom stereocenters. The second-order valence-electron chi connectivity index (χ2n) is 3.40. The zero-order valence-electron chi connectivity index (χ0n) is 9.24. The van der Waals surface area contributed by atoms with Crippen LogP contribution in [0, 0.1) is 0 Å². The maximum atomic E-state index is 10.9. The number of aromatic nitrogens is 5. The number of carboxylic acids is 1. The lowest BCUT2D eigenvalue weighted by Crippen LogP contribution is -2.09. The first-order valence-corrected chi connectivity index (χ1v) is 5.13. The summed E-state index contributed by atoms with van der Waals surface area (Å²) in [5, 5.41) is 16.4. The summed E-state index contributed by atoms with van der Waals surface area (Å²) >= 11 is 0. The van der Waals surface area contributed by atoms with Gasteiger partial charge in [-0.3, -0.25) is 9.97 Å². The van der Waals surface area contributed by atoms with Crippen LogP contribution in [-0.4, -0.2) is 36.0 Å². The van der Waals surface area contributed by atoms with Gasteiger partial charge < -0.3 is 5.11 Å². The van der Waals surface area contributed by atoms with E-state index in [4.69, 9.17) is 5.11 Å². The molecule has 7 heteroatoms. The molecule has 0 spiro atoms. The fourth-order valence-electron chi connectivity index (χ4n) is 1.54. The SMILES string of the molecule is CCc1c(C(=O)O)nnn1Cc1cnccn1. The van der Waals surface area contributed by atoms with E-state index < -0.39 is 5.97 Å². The average molecular weight is 233 g/mol. The second kappa shape index (κ2) is 4.69. The summed E-state index contributed by atoms with van der Waals surface area (Å²) in [6, 6.07) is 0. The predicted octanol–water partition coefficient (Wildman–Crippen LogP) is 0.377. The van der Waals surface area contributed by atoms with E-state index in [1.807, 2.05) is 6.92 Å². The molecular formula is C10H11N5O2. The quantitative estimate of drug-likeness (QED) is 0.820. The predicted molar refractivity (Wildman–Crippen MR) is 57.5 cm³/mol. The Morgan fingerprint density at radius 1 is 1.47 bits per heavy atom. The van der Waals surface area contributed by atoms with Gasteiger partial charge in [0.1, 0.15) is 0 Å². The largest absolute Gasteiger partial charge is 0.476 e. The van der Waals surface area contributed by atoms with E-state index in [1.165, 1.54) is 4.68 Å². The van der Waals surface area contributed by atoms with Crippen molar-refractivity contribution in [3.05, 3.63) is 35.7 Å². The molecule has 7 nitrogen and oxygen atoms in total.